The van der Waals surface area contributed by atoms with Gasteiger partial charge in [-0.15, -0.1) is 0 Å². The highest BCUT2D eigenvalue weighted by atomic mass is 16.5. The summed E-state index contributed by atoms with van der Waals surface area (Å²) in [7, 11) is 0. The van der Waals surface area contributed by atoms with Crippen LogP contribution in [0.3, 0.4) is 0 Å². The van der Waals surface area contributed by atoms with Gasteiger partial charge < -0.3 is 14.5 Å². The molecule has 17 heavy (non-hydrogen) atoms. The largest absolute Gasteiger partial charge is 0.351 e. The number of hydrogen-bond acceptors (Lipinski definition) is 3. The molecule has 1 atom stereocenters. The lowest BCUT2D eigenvalue weighted by molar-refractivity contribution is -0.135. The minimum atomic E-state index is 0.0576. The van der Waals surface area contributed by atoms with E-state index >= 15 is 0 Å². The van der Waals surface area contributed by atoms with E-state index in [0.29, 0.717) is 19.7 Å². The summed E-state index contributed by atoms with van der Waals surface area (Å²) < 4.78 is 5.06. The first-order valence-corrected chi connectivity index (χ1v) is 6.33. The third-order valence-electron chi connectivity index (χ3n) is 3.53. The molecule has 0 aromatic heterocycles. The Balaban J connectivity index is 1.78. The van der Waals surface area contributed by atoms with Gasteiger partial charge in [-0.25, -0.2) is 0 Å². The maximum Gasteiger partial charge on any atom is 0.250 e. The Hall–Kier alpha value is -1.10. The summed E-state index contributed by atoms with van der Waals surface area (Å²) in [6, 6.07) is 0.219. The van der Waals surface area contributed by atoms with Crippen LogP contribution in [-0.2, 0) is 14.3 Å². The molecule has 0 aromatic rings. The molecule has 2 heterocycles. The van der Waals surface area contributed by atoms with E-state index in [1.54, 1.807) is 4.90 Å². The van der Waals surface area contributed by atoms with Crippen LogP contribution in [0.1, 0.15) is 32.6 Å². The predicted octanol–water partition coefficient (Wildman–Crippen LogP) is 0.594. The number of likely N-dealkylation sites (tertiary alicyclic amines) is 1. The lowest BCUT2D eigenvalue weighted by Gasteiger charge is -2.33. The van der Waals surface area contributed by atoms with Gasteiger partial charge >= 0.3 is 0 Å². The molecule has 1 unspecified atom stereocenters. The molecular weight excluding hydrogens is 220 g/mol. The smallest absolute Gasteiger partial charge is 0.250 e. The summed E-state index contributed by atoms with van der Waals surface area (Å²) in [4.78, 5) is 26.7. The van der Waals surface area contributed by atoms with Gasteiger partial charge in [0, 0.05) is 25.6 Å². The zero-order valence-electron chi connectivity index (χ0n) is 10.4. The van der Waals surface area contributed by atoms with Crippen LogP contribution in [0.2, 0.25) is 0 Å². The number of amides is 2. The second kappa shape index (κ2) is 5.49. The molecule has 2 saturated heterocycles. The van der Waals surface area contributed by atoms with Gasteiger partial charge in [0.15, 0.2) is 0 Å². The fourth-order valence-electron chi connectivity index (χ4n) is 2.39. The molecule has 2 aliphatic heterocycles. The molecule has 0 aromatic carbocycles. The van der Waals surface area contributed by atoms with E-state index < -0.39 is 0 Å². The Morgan fingerprint density at radius 1 is 1.29 bits per heavy atom. The number of rotatable bonds is 4. The van der Waals surface area contributed by atoms with Crippen molar-refractivity contribution < 1.29 is 14.3 Å². The Labute approximate surface area is 102 Å². The van der Waals surface area contributed by atoms with Crippen molar-refractivity contribution in [2.75, 3.05) is 26.4 Å². The number of piperidine rings is 1. The van der Waals surface area contributed by atoms with Crippen LogP contribution >= 0.6 is 0 Å². The SMILES string of the molecule is CC(CCN1COCC1=O)N1CCCCC1=O. The Morgan fingerprint density at radius 2 is 2.12 bits per heavy atom. The van der Waals surface area contributed by atoms with Crippen LogP contribution < -0.4 is 0 Å². The average molecular weight is 240 g/mol. The van der Waals surface area contributed by atoms with Crippen molar-refractivity contribution in [3.63, 3.8) is 0 Å². The van der Waals surface area contributed by atoms with Gasteiger partial charge in [-0.05, 0) is 26.2 Å². The first-order valence-electron chi connectivity index (χ1n) is 6.33. The van der Waals surface area contributed by atoms with E-state index in [2.05, 4.69) is 6.92 Å². The topological polar surface area (TPSA) is 49.9 Å². The summed E-state index contributed by atoms with van der Waals surface area (Å²) in [5.41, 5.74) is 0. The van der Waals surface area contributed by atoms with E-state index in [0.717, 1.165) is 25.8 Å². The van der Waals surface area contributed by atoms with Crippen molar-refractivity contribution in [2.45, 2.75) is 38.6 Å². The summed E-state index contributed by atoms with van der Waals surface area (Å²) in [5, 5.41) is 0. The Morgan fingerprint density at radius 3 is 2.76 bits per heavy atom. The van der Waals surface area contributed by atoms with Crippen molar-refractivity contribution >= 4 is 11.8 Å². The van der Waals surface area contributed by atoms with Crippen molar-refractivity contribution in [1.29, 1.82) is 0 Å². The normalized spacial score (nSPS) is 23.4. The molecule has 2 rings (SSSR count). The molecule has 0 spiro atoms. The molecule has 0 radical (unpaired) electrons. The van der Waals surface area contributed by atoms with E-state index in [-0.39, 0.29) is 24.5 Å². The molecule has 5 heteroatoms. The second-order valence-electron chi connectivity index (χ2n) is 4.82. The van der Waals surface area contributed by atoms with Gasteiger partial charge in [0.2, 0.25) is 11.8 Å². The number of nitrogens with zero attached hydrogens (tertiary/aromatic N) is 2. The minimum Gasteiger partial charge on any atom is -0.351 e. The number of hydrogen-bond donors (Lipinski definition) is 0. The number of carbonyl (C=O) groups excluding carboxylic acids is 2. The summed E-state index contributed by atoms with van der Waals surface area (Å²) in [6.45, 7) is 4.22. The monoisotopic (exact) mass is 240 g/mol. The van der Waals surface area contributed by atoms with Crippen LogP contribution in [0.4, 0.5) is 0 Å². The highest BCUT2D eigenvalue weighted by Crippen LogP contribution is 2.16. The van der Waals surface area contributed by atoms with E-state index in [9.17, 15) is 9.59 Å². The van der Waals surface area contributed by atoms with Gasteiger partial charge in [-0.3, -0.25) is 9.59 Å². The van der Waals surface area contributed by atoms with Gasteiger partial charge in [0.05, 0.1) is 0 Å². The quantitative estimate of drug-likeness (QED) is 0.723. The van der Waals surface area contributed by atoms with Gasteiger partial charge in [0.25, 0.3) is 0 Å². The van der Waals surface area contributed by atoms with Crippen LogP contribution in [0.5, 0.6) is 0 Å². The van der Waals surface area contributed by atoms with Crippen molar-refractivity contribution in [2.24, 2.45) is 0 Å². The molecular formula is C12H20N2O3. The summed E-state index contributed by atoms with van der Waals surface area (Å²) >= 11 is 0. The van der Waals surface area contributed by atoms with Crippen molar-refractivity contribution in [1.82, 2.24) is 9.80 Å². The lowest BCUT2D eigenvalue weighted by Crippen LogP contribution is -2.43. The maximum atomic E-state index is 11.7. The van der Waals surface area contributed by atoms with E-state index in [1.165, 1.54) is 0 Å². The summed E-state index contributed by atoms with van der Waals surface area (Å²) in [6.07, 6.45) is 3.62. The fraction of sp³-hybridized carbons (Fsp3) is 0.833. The van der Waals surface area contributed by atoms with Gasteiger partial charge in [-0.1, -0.05) is 0 Å². The third-order valence-corrected chi connectivity index (χ3v) is 3.53. The predicted molar refractivity (Wildman–Crippen MR) is 62.2 cm³/mol. The Kier molecular flexibility index (Phi) is 3.99. The van der Waals surface area contributed by atoms with Gasteiger partial charge in [0.1, 0.15) is 13.3 Å². The standard InChI is InChI=1S/C12H20N2O3/c1-10(14-6-3-2-4-11(14)15)5-7-13-9-17-8-12(13)16/h10H,2-9H2,1H3. The molecule has 2 aliphatic rings. The van der Waals surface area contributed by atoms with E-state index in [4.69, 9.17) is 4.74 Å². The molecule has 5 nitrogen and oxygen atoms in total. The first kappa shape index (κ1) is 12.4. The molecule has 0 bridgehead atoms. The molecule has 2 fully saturated rings. The second-order valence-corrected chi connectivity index (χ2v) is 4.82. The third kappa shape index (κ3) is 2.97. The van der Waals surface area contributed by atoms with Crippen LogP contribution in [0, 0.1) is 0 Å². The molecule has 0 saturated carbocycles. The Bertz CT molecular complexity index is 306. The fourth-order valence-corrected chi connectivity index (χ4v) is 2.39. The van der Waals surface area contributed by atoms with Gasteiger partial charge in [-0.2, -0.15) is 0 Å². The average Bonchev–Trinajstić information content (AvgIpc) is 2.72. The van der Waals surface area contributed by atoms with Crippen LogP contribution in [-0.4, -0.2) is 54.1 Å². The zero-order valence-corrected chi connectivity index (χ0v) is 10.4. The van der Waals surface area contributed by atoms with E-state index in [1.807, 2.05) is 4.90 Å². The molecule has 2 amide bonds. The highest BCUT2D eigenvalue weighted by molar-refractivity contribution is 5.78. The number of carbonyl (C=O) groups is 2. The highest BCUT2D eigenvalue weighted by Gasteiger charge is 2.25. The van der Waals surface area contributed by atoms with Crippen LogP contribution in [0.25, 0.3) is 0 Å². The van der Waals surface area contributed by atoms with Crippen molar-refractivity contribution in [3.8, 4) is 0 Å². The maximum absolute atomic E-state index is 11.7. The lowest BCUT2D eigenvalue weighted by atomic mass is 10.1. The zero-order chi connectivity index (χ0) is 12.3. The molecule has 0 aliphatic carbocycles. The molecule has 96 valence electrons. The number of ether oxygens (including phenoxy) is 1. The van der Waals surface area contributed by atoms with Crippen LogP contribution in [0.15, 0.2) is 0 Å². The first-order chi connectivity index (χ1) is 8.18. The molecule has 0 N–H and O–H groups in total. The summed E-state index contributed by atoms with van der Waals surface area (Å²) in [5.74, 6) is 0.315. The minimum absolute atomic E-state index is 0.0576. The van der Waals surface area contributed by atoms with Crippen molar-refractivity contribution in [3.05, 3.63) is 0 Å².